The summed E-state index contributed by atoms with van der Waals surface area (Å²) >= 11 is 0. The monoisotopic (exact) mass is 338 g/mol. The van der Waals surface area contributed by atoms with E-state index in [0.29, 0.717) is 24.7 Å². The quantitative estimate of drug-likeness (QED) is 0.751. The van der Waals surface area contributed by atoms with Gasteiger partial charge in [-0.15, -0.1) is 0 Å². The normalized spacial score (nSPS) is 11.6. The largest absolute Gasteiger partial charge is 0.338 e. The Morgan fingerprint density at radius 3 is 2.24 bits per heavy atom. The van der Waals surface area contributed by atoms with Crippen molar-refractivity contribution in [3.8, 4) is 0 Å². The molecule has 0 aliphatic carbocycles. The van der Waals surface area contributed by atoms with E-state index in [1.165, 1.54) is 16.2 Å². The zero-order valence-electron chi connectivity index (χ0n) is 15.4. The van der Waals surface area contributed by atoms with Crippen LogP contribution in [0, 0.1) is 0 Å². The van der Waals surface area contributed by atoms with E-state index in [1.54, 1.807) is 29.3 Å². The first kappa shape index (κ1) is 18.7. The van der Waals surface area contributed by atoms with Crippen LogP contribution < -0.4 is 5.56 Å². The Balaban J connectivity index is 2.52. The van der Waals surface area contributed by atoms with Crippen LogP contribution in [0.2, 0.25) is 0 Å². The lowest BCUT2D eigenvalue weighted by atomic mass is 10.0. The molecule has 0 atom stereocenters. The molecule has 0 spiro atoms. The molecule has 0 unspecified atom stereocenters. The molecule has 0 fully saturated rings. The number of nitrogens with zero attached hydrogens (tertiary/aromatic N) is 2. The highest BCUT2D eigenvalue weighted by Crippen LogP contribution is 2.18. The standard InChI is InChI=1S/C21H26N2O2/c1-5-22(6-2)21(25)19(23-14-8-7-9-20(23)24)15-17-10-12-18(13-11-17)16(3)4/h7-16H,5-6H2,1-4H3. The van der Waals surface area contributed by atoms with E-state index in [2.05, 4.69) is 26.0 Å². The summed E-state index contributed by atoms with van der Waals surface area (Å²) in [5, 5.41) is 0. The minimum atomic E-state index is -0.215. The van der Waals surface area contributed by atoms with Gasteiger partial charge >= 0.3 is 0 Å². The van der Waals surface area contributed by atoms with Crippen molar-refractivity contribution in [3.05, 3.63) is 70.1 Å². The van der Waals surface area contributed by atoms with Gasteiger partial charge in [-0.2, -0.15) is 0 Å². The number of hydrogen-bond acceptors (Lipinski definition) is 2. The zero-order valence-corrected chi connectivity index (χ0v) is 15.4. The lowest BCUT2D eigenvalue weighted by Gasteiger charge is -2.21. The third-order valence-electron chi connectivity index (χ3n) is 4.26. The Kier molecular flexibility index (Phi) is 6.34. The summed E-state index contributed by atoms with van der Waals surface area (Å²) in [5.74, 6) is 0.304. The van der Waals surface area contributed by atoms with E-state index in [1.807, 2.05) is 26.0 Å². The van der Waals surface area contributed by atoms with Gasteiger partial charge in [-0.25, -0.2) is 0 Å². The first-order valence-corrected chi connectivity index (χ1v) is 8.76. The predicted octanol–water partition coefficient (Wildman–Crippen LogP) is 3.84. The molecular weight excluding hydrogens is 312 g/mol. The molecule has 0 saturated heterocycles. The average molecular weight is 338 g/mol. The Bertz CT molecular complexity index is 797. The van der Waals surface area contributed by atoms with Crippen molar-refractivity contribution >= 4 is 17.7 Å². The number of hydrogen-bond donors (Lipinski definition) is 0. The third-order valence-corrected chi connectivity index (χ3v) is 4.26. The average Bonchev–Trinajstić information content (AvgIpc) is 2.61. The van der Waals surface area contributed by atoms with Crippen LogP contribution in [0.3, 0.4) is 0 Å². The molecule has 25 heavy (non-hydrogen) atoms. The summed E-state index contributed by atoms with van der Waals surface area (Å²) in [6, 6.07) is 13.0. The lowest BCUT2D eigenvalue weighted by molar-refractivity contribution is -0.125. The molecule has 0 N–H and O–H groups in total. The number of carbonyl (C=O) groups excluding carboxylic acids is 1. The maximum atomic E-state index is 12.9. The van der Waals surface area contributed by atoms with Crippen molar-refractivity contribution in [1.29, 1.82) is 0 Å². The maximum Gasteiger partial charge on any atom is 0.270 e. The first-order valence-electron chi connectivity index (χ1n) is 8.76. The molecule has 2 aromatic rings. The van der Waals surface area contributed by atoms with Crippen LogP contribution in [0.1, 0.15) is 44.7 Å². The first-order chi connectivity index (χ1) is 12.0. The van der Waals surface area contributed by atoms with Crippen molar-refractivity contribution in [2.45, 2.75) is 33.6 Å². The lowest BCUT2D eigenvalue weighted by Crippen LogP contribution is -2.35. The second kappa shape index (κ2) is 8.47. The SMILES string of the molecule is CCN(CC)C(=O)C(=Cc1ccc(C(C)C)cc1)n1ccccc1=O. The van der Waals surface area contributed by atoms with E-state index >= 15 is 0 Å². The van der Waals surface area contributed by atoms with Crippen LogP contribution in [0.15, 0.2) is 53.5 Å². The second-order valence-corrected chi connectivity index (χ2v) is 6.24. The molecule has 0 aliphatic rings. The van der Waals surface area contributed by atoms with Gasteiger partial charge in [0.15, 0.2) is 0 Å². The van der Waals surface area contributed by atoms with E-state index < -0.39 is 0 Å². The van der Waals surface area contributed by atoms with E-state index in [9.17, 15) is 9.59 Å². The molecule has 0 aliphatic heterocycles. The topological polar surface area (TPSA) is 42.3 Å². The third kappa shape index (κ3) is 4.47. The summed E-state index contributed by atoms with van der Waals surface area (Å²) in [6.45, 7) is 9.35. The van der Waals surface area contributed by atoms with Crippen LogP contribution in [0.4, 0.5) is 0 Å². The van der Waals surface area contributed by atoms with Gasteiger partial charge in [-0.05, 0) is 43.0 Å². The molecular formula is C21H26N2O2. The van der Waals surface area contributed by atoms with Crippen LogP contribution in [-0.4, -0.2) is 28.5 Å². The summed E-state index contributed by atoms with van der Waals surface area (Å²) in [7, 11) is 0. The summed E-state index contributed by atoms with van der Waals surface area (Å²) in [6.07, 6.45) is 3.42. The van der Waals surface area contributed by atoms with Crippen molar-refractivity contribution in [2.24, 2.45) is 0 Å². The number of likely N-dealkylation sites (N-methyl/N-ethyl adjacent to an activating group) is 1. The minimum Gasteiger partial charge on any atom is -0.338 e. The van der Waals surface area contributed by atoms with Crippen LogP contribution in [0.25, 0.3) is 11.8 Å². The fraction of sp³-hybridized carbons (Fsp3) is 0.333. The molecule has 1 amide bonds. The van der Waals surface area contributed by atoms with Crippen LogP contribution in [0.5, 0.6) is 0 Å². The van der Waals surface area contributed by atoms with Gasteiger partial charge < -0.3 is 4.90 Å². The molecule has 4 heteroatoms. The van der Waals surface area contributed by atoms with Gasteiger partial charge in [0.1, 0.15) is 5.70 Å². The zero-order chi connectivity index (χ0) is 18.4. The number of benzene rings is 1. The fourth-order valence-corrected chi connectivity index (χ4v) is 2.67. The molecule has 0 saturated carbocycles. The predicted molar refractivity (Wildman–Crippen MR) is 103 cm³/mol. The van der Waals surface area contributed by atoms with Gasteiger partial charge in [0.05, 0.1) is 0 Å². The molecule has 1 heterocycles. The Morgan fingerprint density at radius 2 is 1.72 bits per heavy atom. The van der Waals surface area contributed by atoms with E-state index in [0.717, 1.165) is 5.56 Å². The number of carbonyl (C=O) groups is 1. The number of aromatic nitrogens is 1. The van der Waals surface area contributed by atoms with Crippen molar-refractivity contribution in [2.75, 3.05) is 13.1 Å². The second-order valence-electron chi connectivity index (χ2n) is 6.24. The smallest absolute Gasteiger partial charge is 0.270 e. The van der Waals surface area contributed by atoms with Crippen molar-refractivity contribution < 1.29 is 4.79 Å². The number of amides is 1. The summed E-state index contributed by atoms with van der Waals surface area (Å²) in [5.41, 5.74) is 2.29. The van der Waals surface area contributed by atoms with E-state index in [4.69, 9.17) is 0 Å². The summed E-state index contributed by atoms with van der Waals surface area (Å²) < 4.78 is 1.41. The Hall–Kier alpha value is -2.62. The van der Waals surface area contributed by atoms with Crippen molar-refractivity contribution in [1.82, 2.24) is 9.47 Å². The van der Waals surface area contributed by atoms with Crippen LogP contribution in [-0.2, 0) is 4.79 Å². The van der Waals surface area contributed by atoms with Gasteiger partial charge in [0, 0.05) is 25.4 Å². The number of pyridine rings is 1. The Labute approximate surface area is 149 Å². The van der Waals surface area contributed by atoms with Gasteiger partial charge in [0.2, 0.25) is 0 Å². The fourth-order valence-electron chi connectivity index (χ4n) is 2.67. The molecule has 1 aromatic heterocycles. The molecule has 0 radical (unpaired) electrons. The summed E-state index contributed by atoms with van der Waals surface area (Å²) in [4.78, 5) is 26.9. The molecule has 0 bridgehead atoms. The number of rotatable bonds is 6. The maximum absolute atomic E-state index is 12.9. The Morgan fingerprint density at radius 1 is 1.08 bits per heavy atom. The minimum absolute atomic E-state index is 0.147. The van der Waals surface area contributed by atoms with Gasteiger partial charge in [-0.3, -0.25) is 14.2 Å². The molecule has 1 aromatic carbocycles. The van der Waals surface area contributed by atoms with Crippen LogP contribution >= 0.6 is 0 Å². The molecule has 4 nitrogen and oxygen atoms in total. The highest BCUT2D eigenvalue weighted by Gasteiger charge is 2.18. The molecule has 132 valence electrons. The van der Waals surface area contributed by atoms with Gasteiger partial charge in [0.25, 0.3) is 11.5 Å². The highest BCUT2D eigenvalue weighted by molar-refractivity contribution is 6.18. The van der Waals surface area contributed by atoms with E-state index in [-0.39, 0.29) is 11.5 Å². The van der Waals surface area contributed by atoms with Crippen molar-refractivity contribution in [3.63, 3.8) is 0 Å². The van der Waals surface area contributed by atoms with Gasteiger partial charge in [-0.1, -0.05) is 44.2 Å². The molecule has 2 rings (SSSR count). The highest BCUT2D eigenvalue weighted by atomic mass is 16.2.